The number of phosphoric acid groups is 4. The van der Waals surface area contributed by atoms with Crippen molar-refractivity contribution < 1.29 is 160 Å². The lowest BCUT2D eigenvalue weighted by atomic mass is 10.1. The summed E-state index contributed by atoms with van der Waals surface area (Å²) in [6.45, 7) is -7.30. The quantitative estimate of drug-likeness (QED) is 0.0331. The van der Waals surface area contributed by atoms with Crippen molar-refractivity contribution in [2.24, 2.45) is 0 Å². The smallest absolute Gasteiger partial charge is 0.404 e. The summed E-state index contributed by atoms with van der Waals surface area (Å²) in [7, 11) is -18.1. The van der Waals surface area contributed by atoms with Crippen molar-refractivity contribution >= 4 is 83.6 Å². The van der Waals surface area contributed by atoms with E-state index in [0.717, 1.165) is 90.0 Å². The number of alkyl halides is 4. The Morgan fingerprint density at radius 1 is 0.467 bits per heavy atom. The lowest BCUT2D eigenvalue weighted by Crippen LogP contribution is -2.46. The number of aliphatic hydroxyl groups excluding tert-OH is 4. The number of aromatic amines is 3. The molecule has 4 saturated heterocycles. The molecule has 39 nitrogen and oxygen atoms in total. The van der Waals surface area contributed by atoms with Crippen LogP contribution < -0.4 is 57.2 Å². The van der Waals surface area contributed by atoms with Crippen molar-refractivity contribution in [1.29, 1.82) is 0 Å². The SMILES string of the molecule is O=c1[nH]c(=O)n([C@@H]2O[C@](F)(COP3(=O)OCc4cc(F)ccc4O3)C[C@H]2O)cc1Cl.[2H]C([2H])(OP1(=O)OCc2cc(F)ccc2O1)[C@]1(F)C[C@@H](O)[C@H](n2cc(Cl)c(=O)[nH]c2=O)O1.[2H]C([2H])(OP1(=O)OCc2cc(F)ccc2O1)[C@]1(F)C[C@@H](O)[C@]([2H])(N2C=C(Cl)C(=O)NC2=C)O1.[2H][C@@]1(n2cc(Cl)c(=O)[nH]c2=O)O[C@](F)(COP2(=O)OCc3cc(F)ccc3O2)C[C@H]1O. The number of amides is 1. The first-order valence-electron chi connectivity index (χ1n) is 36.6. The first-order chi connectivity index (χ1) is 58.5. The monoisotopic (exact) mass is 1870 g/mol. The molecule has 3 aromatic heterocycles. The van der Waals surface area contributed by atoms with Gasteiger partial charge in [-0.05, 0) is 72.8 Å². The normalized spacial score (nSPS) is 33.6. The van der Waals surface area contributed by atoms with Gasteiger partial charge < -0.3 is 67.7 Å². The molecule has 0 aliphatic carbocycles. The highest BCUT2D eigenvalue weighted by molar-refractivity contribution is 7.49. The second kappa shape index (κ2) is 34.8. The molecular formula is C65H58Cl4F8N8O31P4. The Kier molecular flexibility index (Phi) is 23.6. The Hall–Kier alpha value is -8.25. The second-order valence-electron chi connectivity index (χ2n) is 25.9. The van der Waals surface area contributed by atoms with Crippen LogP contribution in [-0.4, -0.2) is 140 Å². The van der Waals surface area contributed by atoms with Crippen molar-refractivity contribution in [3.8, 4) is 23.0 Å². The third-order valence-electron chi connectivity index (χ3n) is 17.1. The summed E-state index contributed by atoms with van der Waals surface area (Å²) < 4.78 is 295. The maximum atomic E-state index is 15.7. The number of aromatic nitrogens is 6. The van der Waals surface area contributed by atoms with E-state index in [4.69, 9.17) is 128 Å². The average Bonchev–Trinajstić information content (AvgIpc) is 1.58. The van der Waals surface area contributed by atoms with Gasteiger partial charge in [-0.2, -0.15) is 0 Å². The van der Waals surface area contributed by atoms with Crippen LogP contribution in [0.25, 0.3) is 0 Å². The minimum atomic E-state index is -4.78. The number of ether oxygens (including phenoxy) is 4. The molecule has 648 valence electrons. The van der Waals surface area contributed by atoms with Gasteiger partial charge in [-0.3, -0.25) is 84.0 Å². The number of hydrogen-bond acceptors (Lipinski definition) is 32. The topological polar surface area (TPSA) is 494 Å². The van der Waals surface area contributed by atoms with Gasteiger partial charge in [-0.15, -0.1) is 0 Å². The van der Waals surface area contributed by atoms with Crippen LogP contribution in [0.5, 0.6) is 23.0 Å². The van der Waals surface area contributed by atoms with Crippen molar-refractivity contribution in [1.82, 2.24) is 38.9 Å². The summed E-state index contributed by atoms with van der Waals surface area (Å²) in [5, 5.41) is 41.3. The number of hydrogen-bond donors (Lipinski definition) is 8. The Morgan fingerprint density at radius 2 is 0.775 bits per heavy atom. The number of benzene rings is 4. The molecule has 0 spiro atoms. The van der Waals surface area contributed by atoms with Gasteiger partial charge in [0.1, 0.15) is 123 Å². The van der Waals surface area contributed by atoms with Gasteiger partial charge in [0.2, 0.25) is 23.4 Å². The van der Waals surface area contributed by atoms with E-state index in [9.17, 15) is 89.8 Å². The van der Waals surface area contributed by atoms with Crippen molar-refractivity contribution in [2.45, 2.75) is 125 Å². The van der Waals surface area contributed by atoms with E-state index in [0.29, 0.717) is 19.6 Å². The first kappa shape index (κ1) is 81.4. The highest BCUT2D eigenvalue weighted by Crippen LogP contribution is 2.60. The van der Waals surface area contributed by atoms with Gasteiger partial charge in [-0.1, -0.05) is 53.0 Å². The van der Waals surface area contributed by atoms with E-state index in [2.05, 4.69) is 11.9 Å². The van der Waals surface area contributed by atoms with E-state index in [1.807, 2.05) is 9.97 Å². The molecular weight excluding hydrogens is 1810 g/mol. The van der Waals surface area contributed by atoms with Gasteiger partial charge in [0.25, 0.3) is 22.6 Å². The number of halogens is 12. The fourth-order valence-electron chi connectivity index (χ4n) is 11.5. The number of fused-ring (bicyclic) bond motifs is 4. The molecule has 9 aliphatic heterocycles. The summed E-state index contributed by atoms with van der Waals surface area (Å²) in [5.41, 5.74) is -5.12. The Morgan fingerprint density at radius 3 is 1.18 bits per heavy atom. The molecule has 0 saturated carbocycles. The molecule has 0 radical (unpaired) electrons. The van der Waals surface area contributed by atoms with Gasteiger partial charge >= 0.3 is 48.4 Å². The molecule has 8 N–H and O–H groups in total. The lowest BCUT2D eigenvalue weighted by Gasteiger charge is -2.33. The minimum absolute atomic E-state index is 0.0144. The molecule has 4 fully saturated rings. The molecule has 4 unspecified atom stereocenters. The summed E-state index contributed by atoms with van der Waals surface area (Å²) in [5.74, 6) is -16.2. The molecule has 55 heteroatoms. The van der Waals surface area contributed by atoms with Crippen LogP contribution in [0.3, 0.4) is 0 Å². The number of nitrogens with zero attached hydrogens (tertiary/aromatic N) is 4. The second-order valence-corrected chi connectivity index (χ2v) is 33.8. The van der Waals surface area contributed by atoms with Crippen LogP contribution in [0.2, 0.25) is 15.1 Å². The zero-order valence-corrected chi connectivity index (χ0v) is 66.0. The van der Waals surface area contributed by atoms with Crippen molar-refractivity contribution in [3.63, 3.8) is 0 Å². The van der Waals surface area contributed by atoms with Crippen LogP contribution in [0.1, 0.15) is 74.8 Å². The largest absolute Gasteiger partial charge is 0.530 e. The fraction of sp³-hybridized carbons (Fsp3) is 0.369. The van der Waals surface area contributed by atoms with Gasteiger partial charge in [0.15, 0.2) is 24.9 Å². The summed E-state index contributed by atoms with van der Waals surface area (Å²) in [6.07, 6.45) is -16.5. The highest BCUT2D eigenvalue weighted by Gasteiger charge is 2.56. The number of nitrogens with one attached hydrogen (secondary N) is 4. The van der Waals surface area contributed by atoms with Crippen LogP contribution in [0, 0.1) is 23.3 Å². The van der Waals surface area contributed by atoms with Gasteiger partial charge in [-0.25, -0.2) is 67.8 Å². The molecule has 7 aromatic rings. The first-order valence-corrected chi connectivity index (χ1v) is 40.9. The average molecular weight is 1870 g/mol. The van der Waals surface area contributed by atoms with E-state index >= 15 is 17.6 Å². The summed E-state index contributed by atoms with van der Waals surface area (Å²) >= 11 is 22.7. The van der Waals surface area contributed by atoms with Gasteiger partial charge in [0, 0.05) is 72.7 Å². The third kappa shape index (κ3) is 20.5. The zero-order chi connectivity index (χ0) is 92.2. The number of carbonyl (C=O) groups is 1. The number of rotatable bonds is 16. The van der Waals surface area contributed by atoms with Crippen molar-refractivity contribution in [3.05, 3.63) is 238 Å². The van der Waals surface area contributed by atoms with Crippen LogP contribution >= 0.6 is 77.7 Å². The van der Waals surface area contributed by atoms with E-state index < -0.39 is 247 Å². The molecule has 120 heavy (non-hydrogen) atoms. The fourth-order valence-corrected chi connectivity index (χ4v) is 16.9. The predicted molar refractivity (Wildman–Crippen MR) is 387 cm³/mol. The predicted octanol–water partition coefficient (Wildman–Crippen LogP) is 8.64. The molecule has 1 amide bonds. The van der Waals surface area contributed by atoms with Gasteiger partial charge in [0.05, 0.1) is 34.7 Å². The molecule has 9 aliphatic rings. The Bertz CT molecular complexity index is 6190. The molecule has 16 atom stereocenters. The third-order valence-corrected chi connectivity index (χ3v) is 23.1. The van der Waals surface area contributed by atoms with Crippen molar-refractivity contribution in [2.75, 3.05) is 26.3 Å². The Balaban J connectivity index is 0.000000144. The Labute approximate surface area is 691 Å². The minimum Gasteiger partial charge on any atom is -0.404 e. The van der Waals surface area contributed by atoms with Crippen LogP contribution in [-0.2, 0) is 105 Å². The lowest BCUT2D eigenvalue weighted by molar-refractivity contribution is -0.184. The maximum Gasteiger partial charge on any atom is 0.530 e. The summed E-state index contributed by atoms with van der Waals surface area (Å²) in [6, 6.07) is 13.1. The maximum absolute atomic E-state index is 15.7. The highest BCUT2D eigenvalue weighted by atomic mass is 35.5. The van der Waals surface area contributed by atoms with Crippen LogP contribution in [0.4, 0.5) is 35.1 Å². The molecule has 4 aromatic carbocycles. The number of H-pyrrole nitrogens is 3. The van der Waals surface area contributed by atoms with E-state index in [1.165, 1.54) is 12.1 Å². The van der Waals surface area contributed by atoms with Crippen LogP contribution in [0.15, 0.2) is 144 Å². The number of phosphoric ester groups is 4. The molecule has 16 rings (SSSR count). The van der Waals surface area contributed by atoms with E-state index in [-0.39, 0.29) is 63.7 Å². The standard InChI is InChI=1S/C17H16ClF2N2O7P.3C16H14ClF2N2O8P/c1-9-21-15(24)12(18)6-22(9)16-13(23)5-17(20,28-16)8-27-30(25)26-7-10-4-11(19)2-3-14(10)29-30;3*17-10-5-21(15(24)20-13(10)23)14-11(22)4-16(19,28-14)7-27-30(25)26-6-8-3-9(18)1-2-12(8)29-30/h2-4,6,13,16,23H,1,5,7-8H2,(H,21,24);3*1-3,5,11,14,22H,4,6-7H2,(H,20,23,24)/t13-,16-,17+,30?;3*11-,14-,16+,30?/m1111/s1/i8D2,16D;14D;7D2;. The zero-order valence-electron chi connectivity index (χ0n) is 65.4. The number of carbonyl (C=O) groups excluding carboxylic acids is 1. The van der Waals surface area contributed by atoms with E-state index in [1.54, 1.807) is 4.98 Å². The molecule has 12 heterocycles. The number of aliphatic hydroxyl groups is 4. The molecule has 0 bridgehead atoms. The summed E-state index contributed by atoms with van der Waals surface area (Å²) in [4.78, 5) is 87.9.